The molecule has 184 valence electrons. The van der Waals surface area contributed by atoms with Gasteiger partial charge in [0.1, 0.15) is 22.8 Å². The highest BCUT2D eigenvalue weighted by molar-refractivity contribution is 5.84. The van der Waals surface area contributed by atoms with E-state index < -0.39 is 17.5 Å². The van der Waals surface area contributed by atoms with Gasteiger partial charge in [-0.1, -0.05) is 36.4 Å². The second-order valence-electron chi connectivity index (χ2n) is 8.69. The van der Waals surface area contributed by atoms with Crippen molar-refractivity contribution >= 4 is 16.9 Å². The predicted molar refractivity (Wildman–Crippen MR) is 134 cm³/mol. The van der Waals surface area contributed by atoms with Gasteiger partial charge in [0.25, 0.3) is 0 Å². The van der Waals surface area contributed by atoms with Crippen molar-refractivity contribution in [1.82, 2.24) is 0 Å². The lowest BCUT2D eigenvalue weighted by atomic mass is 9.88. The summed E-state index contributed by atoms with van der Waals surface area (Å²) >= 11 is 0. The molecule has 0 unspecified atom stereocenters. The Morgan fingerprint density at radius 3 is 2.69 bits per heavy atom. The van der Waals surface area contributed by atoms with Crippen molar-refractivity contribution in [3.63, 3.8) is 0 Å². The molecule has 0 aliphatic carbocycles. The fraction of sp³-hybridized carbons (Fsp3) is 0.241. The van der Waals surface area contributed by atoms with Crippen LogP contribution in [0.15, 0.2) is 75.9 Å². The van der Waals surface area contributed by atoms with Crippen LogP contribution in [0.4, 0.5) is 0 Å². The number of aromatic hydroxyl groups is 1. The number of benzene rings is 3. The summed E-state index contributed by atoms with van der Waals surface area (Å²) in [5, 5.41) is 11.3. The highest BCUT2D eigenvalue weighted by Gasteiger charge is 2.27. The van der Waals surface area contributed by atoms with E-state index in [0.717, 1.165) is 25.2 Å². The molecule has 0 spiro atoms. The summed E-state index contributed by atoms with van der Waals surface area (Å²) in [4.78, 5) is 25.0. The Bertz CT molecular complexity index is 1450. The van der Waals surface area contributed by atoms with Crippen LogP contribution in [0, 0.1) is 0 Å². The standard InChI is InChI=1S/C29H26O7/c1-33-26(30)17-23(27-28(31)22-4-2-3-5-25(22)36-29(27)32)19-7-9-21(10-8-19)34-14-12-18-6-11-24-20(16-18)13-15-35-24/h2-11,16,23,31H,12-15,17H2,1H3/t23-/m0/s1. The van der Waals surface area contributed by atoms with E-state index in [1.54, 1.807) is 48.5 Å². The van der Waals surface area contributed by atoms with E-state index in [4.69, 9.17) is 18.6 Å². The van der Waals surface area contributed by atoms with E-state index in [0.29, 0.717) is 23.3 Å². The first kappa shape index (κ1) is 23.5. The topological polar surface area (TPSA) is 95.2 Å². The minimum atomic E-state index is -0.749. The molecule has 0 bridgehead atoms. The number of carbonyl (C=O) groups excluding carboxylic acids is 1. The molecule has 7 heteroatoms. The van der Waals surface area contributed by atoms with Crippen LogP contribution in [0.1, 0.15) is 34.6 Å². The molecule has 0 saturated carbocycles. The largest absolute Gasteiger partial charge is 0.507 e. The Kier molecular flexibility index (Phi) is 6.62. The molecule has 0 radical (unpaired) electrons. The van der Waals surface area contributed by atoms with E-state index in [2.05, 4.69) is 12.1 Å². The van der Waals surface area contributed by atoms with Gasteiger partial charge in [0.05, 0.1) is 37.7 Å². The quantitative estimate of drug-likeness (QED) is 0.284. The normalized spacial score (nSPS) is 13.1. The van der Waals surface area contributed by atoms with Crippen LogP contribution in [-0.2, 0) is 22.4 Å². The van der Waals surface area contributed by atoms with Gasteiger partial charge in [0, 0.05) is 18.8 Å². The molecule has 4 aromatic rings. The number of hydrogen-bond acceptors (Lipinski definition) is 7. The summed E-state index contributed by atoms with van der Waals surface area (Å²) in [5.41, 5.74) is 2.68. The average molecular weight is 487 g/mol. The van der Waals surface area contributed by atoms with Crippen LogP contribution in [-0.4, -0.2) is 31.4 Å². The molecule has 1 N–H and O–H groups in total. The maximum Gasteiger partial charge on any atom is 0.343 e. The second-order valence-corrected chi connectivity index (χ2v) is 8.69. The molecule has 2 heterocycles. The van der Waals surface area contributed by atoms with Crippen molar-refractivity contribution in [3.05, 3.63) is 99.4 Å². The molecule has 1 aromatic heterocycles. The summed E-state index contributed by atoms with van der Waals surface area (Å²) in [6.45, 7) is 1.23. The zero-order chi connectivity index (χ0) is 25.1. The Morgan fingerprint density at radius 1 is 1.08 bits per heavy atom. The maximum absolute atomic E-state index is 12.8. The van der Waals surface area contributed by atoms with Crippen LogP contribution in [0.3, 0.4) is 0 Å². The van der Waals surface area contributed by atoms with Crippen molar-refractivity contribution in [2.45, 2.75) is 25.2 Å². The van der Waals surface area contributed by atoms with Crippen molar-refractivity contribution in [2.75, 3.05) is 20.3 Å². The molecule has 0 fully saturated rings. The van der Waals surface area contributed by atoms with Crippen LogP contribution in [0.25, 0.3) is 11.0 Å². The van der Waals surface area contributed by atoms with E-state index in [1.807, 2.05) is 6.07 Å². The average Bonchev–Trinajstić information content (AvgIpc) is 3.36. The van der Waals surface area contributed by atoms with Crippen LogP contribution in [0.2, 0.25) is 0 Å². The predicted octanol–water partition coefficient (Wildman–Crippen LogP) is 4.75. The van der Waals surface area contributed by atoms with Gasteiger partial charge in [0.15, 0.2) is 0 Å². The van der Waals surface area contributed by atoms with Gasteiger partial charge in [0.2, 0.25) is 0 Å². The lowest BCUT2D eigenvalue weighted by Gasteiger charge is -2.18. The number of rotatable bonds is 8. The van der Waals surface area contributed by atoms with E-state index in [1.165, 1.54) is 18.2 Å². The van der Waals surface area contributed by atoms with Crippen molar-refractivity contribution in [2.24, 2.45) is 0 Å². The third-order valence-electron chi connectivity index (χ3n) is 6.46. The van der Waals surface area contributed by atoms with Crippen molar-refractivity contribution in [3.8, 4) is 17.2 Å². The van der Waals surface area contributed by atoms with E-state index >= 15 is 0 Å². The summed E-state index contributed by atoms with van der Waals surface area (Å²) in [6, 6.07) is 20.1. The molecule has 7 nitrogen and oxygen atoms in total. The number of methoxy groups -OCH3 is 1. The molecule has 1 aliphatic heterocycles. The highest BCUT2D eigenvalue weighted by atomic mass is 16.5. The Hall–Kier alpha value is -4.26. The minimum Gasteiger partial charge on any atom is -0.507 e. The monoisotopic (exact) mass is 486 g/mol. The summed E-state index contributed by atoms with van der Waals surface area (Å²) < 4.78 is 21.8. The lowest BCUT2D eigenvalue weighted by molar-refractivity contribution is -0.140. The van der Waals surface area contributed by atoms with Crippen LogP contribution >= 0.6 is 0 Å². The van der Waals surface area contributed by atoms with Crippen molar-refractivity contribution in [1.29, 1.82) is 0 Å². The van der Waals surface area contributed by atoms with Crippen molar-refractivity contribution < 1.29 is 28.5 Å². The molecule has 0 saturated heterocycles. The Labute approximate surface area is 207 Å². The SMILES string of the molecule is COC(=O)C[C@@H](c1ccc(OCCc2ccc3c(c2)CCO3)cc1)c1c(O)c2ccccc2oc1=O. The molecule has 1 aliphatic rings. The molecule has 5 rings (SSSR count). The summed E-state index contributed by atoms with van der Waals surface area (Å²) in [6.07, 6.45) is 1.56. The first-order valence-electron chi connectivity index (χ1n) is 11.8. The number of para-hydroxylation sites is 1. The fourth-order valence-electron chi connectivity index (χ4n) is 4.57. The number of carbonyl (C=O) groups is 1. The van der Waals surface area contributed by atoms with Gasteiger partial charge in [-0.2, -0.15) is 0 Å². The number of ether oxygens (including phenoxy) is 3. The van der Waals surface area contributed by atoms with Gasteiger partial charge in [-0.05, 0) is 47.0 Å². The number of fused-ring (bicyclic) bond motifs is 2. The summed E-state index contributed by atoms with van der Waals surface area (Å²) in [7, 11) is 1.28. The minimum absolute atomic E-state index is 0.0216. The highest BCUT2D eigenvalue weighted by Crippen LogP contribution is 2.36. The fourth-order valence-corrected chi connectivity index (χ4v) is 4.57. The third kappa shape index (κ3) is 4.77. The smallest absolute Gasteiger partial charge is 0.343 e. The number of hydrogen-bond donors (Lipinski definition) is 1. The third-order valence-corrected chi connectivity index (χ3v) is 6.46. The van der Waals surface area contributed by atoms with Gasteiger partial charge in [-0.15, -0.1) is 0 Å². The van der Waals surface area contributed by atoms with Crippen LogP contribution < -0.4 is 15.1 Å². The van der Waals surface area contributed by atoms with Crippen LogP contribution in [0.5, 0.6) is 17.2 Å². The first-order chi connectivity index (χ1) is 17.5. The zero-order valence-corrected chi connectivity index (χ0v) is 19.9. The zero-order valence-electron chi connectivity index (χ0n) is 19.9. The molecule has 0 amide bonds. The van der Waals surface area contributed by atoms with E-state index in [-0.39, 0.29) is 23.3 Å². The first-order valence-corrected chi connectivity index (χ1v) is 11.8. The molecular formula is C29H26O7. The Morgan fingerprint density at radius 2 is 1.89 bits per heavy atom. The van der Waals surface area contributed by atoms with E-state index in [9.17, 15) is 14.7 Å². The molecular weight excluding hydrogens is 460 g/mol. The van der Waals surface area contributed by atoms with Gasteiger partial charge < -0.3 is 23.7 Å². The van der Waals surface area contributed by atoms with Gasteiger partial charge in [-0.3, -0.25) is 4.79 Å². The maximum atomic E-state index is 12.8. The second kappa shape index (κ2) is 10.2. The molecule has 3 aromatic carbocycles. The number of esters is 1. The summed E-state index contributed by atoms with van der Waals surface area (Å²) in [5.74, 6) is 0.168. The molecule has 1 atom stereocenters. The molecule has 36 heavy (non-hydrogen) atoms. The lowest BCUT2D eigenvalue weighted by Crippen LogP contribution is -2.18. The Balaban J connectivity index is 1.35. The van der Waals surface area contributed by atoms with Gasteiger partial charge >= 0.3 is 11.6 Å². The van der Waals surface area contributed by atoms with Gasteiger partial charge in [-0.25, -0.2) is 4.79 Å².